The van der Waals surface area contributed by atoms with Crippen molar-refractivity contribution in [2.45, 2.75) is 19.9 Å². The van der Waals surface area contributed by atoms with E-state index in [2.05, 4.69) is 43.0 Å². The van der Waals surface area contributed by atoms with E-state index in [1.807, 2.05) is 12.1 Å². The van der Waals surface area contributed by atoms with Crippen molar-refractivity contribution >= 4 is 28.9 Å². The van der Waals surface area contributed by atoms with E-state index in [1.165, 1.54) is 5.56 Å². The standard InChI is InChI=1S/C17H20Cl2N2/c1-3-21(13-7-4-6-12(2)10-13)16(11-20)14-8-5-9-15(18)17(14)19/h4-10,16H,3,11,20H2,1-2H3. The highest BCUT2D eigenvalue weighted by Crippen LogP contribution is 2.34. The highest BCUT2D eigenvalue weighted by Gasteiger charge is 2.21. The lowest BCUT2D eigenvalue weighted by Crippen LogP contribution is -2.34. The first-order chi connectivity index (χ1) is 10.1. The van der Waals surface area contributed by atoms with Gasteiger partial charge in [0.1, 0.15) is 0 Å². The normalized spacial score (nSPS) is 12.2. The number of nitrogens with two attached hydrogens (primary N) is 1. The Morgan fingerprint density at radius 1 is 1.14 bits per heavy atom. The molecule has 2 rings (SSSR count). The fraction of sp³-hybridized carbons (Fsp3) is 0.294. The summed E-state index contributed by atoms with van der Waals surface area (Å²) in [6, 6.07) is 14.1. The van der Waals surface area contributed by atoms with E-state index in [1.54, 1.807) is 6.07 Å². The van der Waals surface area contributed by atoms with Gasteiger partial charge in [0.25, 0.3) is 0 Å². The molecule has 21 heavy (non-hydrogen) atoms. The predicted molar refractivity (Wildman–Crippen MR) is 92.5 cm³/mol. The summed E-state index contributed by atoms with van der Waals surface area (Å²) in [5, 5.41) is 1.15. The summed E-state index contributed by atoms with van der Waals surface area (Å²) in [6.07, 6.45) is 0. The van der Waals surface area contributed by atoms with Crippen molar-refractivity contribution < 1.29 is 0 Å². The Balaban J connectivity index is 2.45. The van der Waals surface area contributed by atoms with Crippen LogP contribution < -0.4 is 10.6 Å². The number of anilines is 1. The molecule has 4 heteroatoms. The molecule has 0 saturated heterocycles. The molecule has 0 heterocycles. The van der Waals surface area contributed by atoms with Gasteiger partial charge in [0.15, 0.2) is 0 Å². The number of rotatable bonds is 5. The summed E-state index contributed by atoms with van der Waals surface area (Å²) >= 11 is 12.5. The maximum absolute atomic E-state index is 6.37. The molecule has 112 valence electrons. The zero-order valence-corrected chi connectivity index (χ0v) is 13.8. The number of aryl methyl sites for hydroxylation is 1. The maximum Gasteiger partial charge on any atom is 0.0679 e. The molecule has 2 aromatic rings. The van der Waals surface area contributed by atoms with Crippen LogP contribution in [0, 0.1) is 6.92 Å². The third kappa shape index (κ3) is 3.52. The van der Waals surface area contributed by atoms with Crippen LogP contribution in [0.5, 0.6) is 0 Å². The van der Waals surface area contributed by atoms with Gasteiger partial charge in [-0.15, -0.1) is 0 Å². The van der Waals surface area contributed by atoms with Crippen LogP contribution in [0.2, 0.25) is 10.0 Å². The molecule has 0 aliphatic heterocycles. The van der Waals surface area contributed by atoms with Gasteiger partial charge in [0.2, 0.25) is 0 Å². The number of benzene rings is 2. The van der Waals surface area contributed by atoms with Gasteiger partial charge in [-0.3, -0.25) is 0 Å². The molecule has 1 atom stereocenters. The minimum atomic E-state index is 0.00278. The lowest BCUT2D eigenvalue weighted by molar-refractivity contribution is 0.643. The Morgan fingerprint density at radius 3 is 2.48 bits per heavy atom. The van der Waals surface area contributed by atoms with Gasteiger partial charge in [-0.25, -0.2) is 0 Å². The largest absolute Gasteiger partial charge is 0.363 e. The number of nitrogens with zero attached hydrogens (tertiary/aromatic N) is 1. The zero-order valence-electron chi connectivity index (χ0n) is 12.3. The summed E-state index contributed by atoms with van der Waals surface area (Å²) < 4.78 is 0. The average Bonchev–Trinajstić information content (AvgIpc) is 2.48. The molecule has 0 aromatic heterocycles. The summed E-state index contributed by atoms with van der Waals surface area (Å²) in [6.45, 7) is 5.51. The van der Waals surface area contributed by atoms with Crippen LogP contribution in [0.25, 0.3) is 0 Å². The third-order valence-electron chi connectivity index (χ3n) is 3.61. The van der Waals surface area contributed by atoms with E-state index < -0.39 is 0 Å². The van der Waals surface area contributed by atoms with Gasteiger partial charge in [0, 0.05) is 18.8 Å². The molecule has 0 aliphatic carbocycles. The zero-order chi connectivity index (χ0) is 15.4. The van der Waals surface area contributed by atoms with Crippen LogP contribution in [0.15, 0.2) is 42.5 Å². The second-order valence-corrected chi connectivity index (χ2v) is 5.80. The van der Waals surface area contributed by atoms with Crippen LogP contribution in [-0.4, -0.2) is 13.1 Å². The molecular formula is C17H20Cl2N2. The predicted octanol–water partition coefficient (Wildman–Crippen LogP) is 4.83. The second kappa shape index (κ2) is 7.17. The summed E-state index contributed by atoms with van der Waals surface area (Å²) in [5.41, 5.74) is 9.36. The van der Waals surface area contributed by atoms with Gasteiger partial charge < -0.3 is 10.6 Å². The van der Waals surface area contributed by atoms with Crippen molar-refractivity contribution in [3.8, 4) is 0 Å². The van der Waals surface area contributed by atoms with Crippen molar-refractivity contribution in [2.24, 2.45) is 5.73 Å². The van der Waals surface area contributed by atoms with Crippen LogP contribution in [0.4, 0.5) is 5.69 Å². The molecule has 0 amide bonds. The number of hydrogen-bond donors (Lipinski definition) is 1. The fourth-order valence-electron chi connectivity index (χ4n) is 2.59. The summed E-state index contributed by atoms with van der Waals surface area (Å²) in [7, 11) is 0. The van der Waals surface area contributed by atoms with Crippen molar-refractivity contribution in [3.05, 3.63) is 63.6 Å². The molecule has 2 aromatic carbocycles. The molecule has 0 bridgehead atoms. The van der Waals surface area contributed by atoms with Gasteiger partial charge in [-0.1, -0.05) is 47.5 Å². The van der Waals surface area contributed by atoms with E-state index in [4.69, 9.17) is 28.9 Å². The molecular weight excluding hydrogens is 303 g/mol. The quantitative estimate of drug-likeness (QED) is 0.854. The van der Waals surface area contributed by atoms with Gasteiger partial charge >= 0.3 is 0 Å². The molecule has 2 N–H and O–H groups in total. The minimum absolute atomic E-state index is 0.00278. The maximum atomic E-state index is 6.37. The first-order valence-corrected chi connectivity index (χ1v) is 7.81. The van der Waals surface area contributed by atoms with Crippen molar-refractivity contribution in [1.29, 1.82) is 0 Å². The van der Waals surface area contributed by atoms with Gasteiger partial charge in [-0.2, -0.15) is 0 Å². The van der Waals surface area contributed by atoms with E-state index in [0.29, 0.717) is 16.6 Å². The third-order valence-corrected chi connectivity index (χ3v) is 4.45. The van der Waals surface area contributed by atoms with E-state index in [0.717, 1.165) is 17.8 Å². The monoisotopic (exact) mass is 322 g/mol. The first kappa shape index (κ1) is 16.2. The Kier molecular flexibility index (Phi) is 5.51. The van der Waals surface area contributed by atoms with Crippen LogP contribution in [0.1, 0.15) is 24.1 Å². The first-order valence-electron chi connectivity index (χ1n) is 7.05. The topological polar surface area (TPSA) is 29.3 Å². The molecule has 0 saturated carbocycles. The second-order valence-electron chi connectivity index (χ2n) is 5.02. The molecule has 1 unspecified atom stereocenters. The van der Waals surface area contributed by atoms with E-state index in [-0.39, 0.29) is 6.04 Å². The lowest BCUT2D eigenvalue weighted by Gasteiger charge is -2.33. The highest BCUT2D eigenvalue weighted by atomic mass is 35.5. The Morgan fingerprint density at radius 2 is 1.86 bits per heavy atom. The van der Waals surface area contributed by atoms with Crippen LogP contribution in [-0.2, 0) is 0 Å². The Labute approximate surface area is 136 Å². The summed E-state index contributed by atoms with van der Waals surface area (Å²) in [4.78, 5) is 2.25. The van der Waals surface area contributed by atoms with Gasteiger partial charge in [0.05, 0.1) is 16.1 Å². The van der Waals surface area contributed by atoms with E-state index in [9.17, 15) is 0 Å². The number of likely N-dealkylation sites (N-methyl/N-ethyl adjacent to an activating group) is 1. The molecule has 0 radical (unpaired) electrons. The van der Waals surface area contributed by atoms with Gasteiger partial charge in [-0.05, 0) is 43.2 Å². The fourth-order valence-corrected chi connectivity index (χ4v) is 3.02. The Bertz CT molecular complexity index is 613. The highest BCUT2D eigenvalue weighted by molar-refractivity contribution is 6.42. The molecule has 0 spiro atoms. The molecule has 0 fully saturated rings. The van der Waals surface area contributed by atoms with Crippen molar-refractivity contribution in [3.63, 3.8) is 0 Å². The number of halogens is 2. The summed E-state index contributed by atoms with van der Waals surface area (Å²) in [5.74, 6) is 0. The lowest BCUT2D eigenvalue weighted by atomic mass is 10.0. The van der Waals surface area contributed by atoms with Crippen LogP contribution in [0.3, 0.4) is 0 Å². The number of hydrogen-bond acceptors (Lipinski definition) is 2. The average molecular weight is 323 g/mol. The van der Waals surface area contributed by atoms with Crippen LogP contribution >= 0.6 is 23.2 Å². The minimum Gasteiger partial charge on any atom is -0.363 e. The smallest absolute Gasteiger partial charge is 0.0679 e. The molecule has 0 aliphatic rings. The Hall–Kier alpha value is -1.22. The van der Waals surface area contributed by atoms with Crippen molar-refractivity contribution in [1.82, 2.24) is 0 Å². The van der Waals surface area contributed by atoms with Crippen molar-refractivity contribution in [2.75, 3.05) is 18.0 Å². The van der Waals surface area contributed by atoms with E-state index >= 15 is 0 Å². The SMILES string of the molecule is CCN(c1cccc(C)c1)C(CN)c1cccc(Cl)c1Cl. The molecule has 2 nitrogen and oxygen atoms in total.